The van der Waals surface area contributed by atoms with Crippen molar-refractivity contribution in [1.82, 2.24) is 34.1 Å². The summed E-state index contributed by atoms with van der Waals surface area (Å²) in [6.07, 6.45) is 8.62. The Kier molecular flexibility index (Phi) is 4.93. The third-order valence-corrected chi connectivity index (χ3v) is 6.08. The smallest absolute Gasteiger partial charge is 0.254 e. The molecule has 0 unspecified atom stereocenters. The second-order valence-corrected chi connectivity index (χ2v) is 8.05. The number of pyridine rings is 1. The topological polar surface area (TPSA) is 94.1 Å². The van der Waals surface area contributed by atoms with Crippen LogP contribution in [-0.2, 0) is 6.54 Å². The molecule has 0 amide bonds. The predicted molar refractivity (Wildman–Crippen MR) is 117 cm³/mol. The van der Waals surface area contributed by atoms with Crippen molar-refractivity contribution in [2.24, 2.45) is 5.92 Å². The van der Waals surface area contributed by atoms with E-state index in [-0.39, 0.29) is 5.56 Å². The third-order valence-electron chi connectivity index (χ3n) is 6.08. The van der Waals surface area contributed by atoms with E-state index in [1.54, 1.807) is 35.7 Å². The molecule has 158 valence electrons. The molecule has 0 bridgehead atoms. The van der Waals surface area contributed by atoms with E-state index in [0.717, 1.165) is 48.6 Å². The number of hydrogen-bond acceptors (Lipinski definition) is 7. The van der Waals surface area contributed by atoms with Gasteiger partial charge in [0.15, 0.2) is 0 Å². The third kappa shape index (κ3) is 3.67. The lowest BCUT2D eigenvalue weighted by Crippen LogP contribution is -2.38. The molecule has 9 heteroatoms. The van der Waals surface area contributed by atoms with Crippen LogP contribution < -0.4 is 10.5 Å². The van der Waals surface area contributed by atoms with E-state index >= 15 is 0 Å². The zero-order valence-electron chi connectivity index (χ0n) is 17.6. The van der Waals surface area contributed by atoms with Gasteiger partial charge in [0, 0.05) is 54.9 Å². The number of aryl methyl sites for hydroxylation is 1. The number of rotatable bonds is 4. The Bertz CT molecular complexity index is 1270. The van der Waals surface area contributed by atoms with Gasteiger partial charge in [-0.25, -0.2) is 9.97 Å². The second kappa shape index (κ2) is 7.90. The first kappa shape index (κ1) is 19.3. The fourth-order valence-corrected chi connectivity index (χ4v) is 4.23. The minimum Gasteiger partial charge on any atom is -0.356 e. The SMILES string of the molecule is Cc1nc2ncnn2c(N2CCC(Cn3cnc(-c4cccnc4)cc3=O)CC2)c1C. The molecule has 1 saturated heterocycles. The van der Waals surface area contributed by atoms with Crippen molar-refractivity contribution in [2.75, 3.05) is 18.0 Å². The molecular weight excluding hydrogens is 392 g/mol. The van der Waals surface area contributed by atoms with E-state index in [0.29, 0.717) is 23.9 Å². The molecule has 1 aliphatic heterocycles. The standard InChI is InChI=1S/C22H24N8O/c1-15-16(2)27-22-24-13-26-30(22)21(15)28-8-5-17(6-9-28)12-29-14-25-19(10-20(29)31)18-4-3-7-23-11-18/h3-4,7,10-11,13-14,17H,5-6,8-9,12H2,1-2H3. The van der Waals surface area contributed by atoms with Gasteiger partial charge in [-0.1, -0.05) is 0 Å². The number of piperidine rings is 1. The molecule has 9 nitrogen and oxygen atoms in total. The lowest BCUT2D eigenvalue weighted by Gasteiger charge is -2.34. The summed E-state index contributed by atoms with van der Waals surface area (Å²) in [6, 6.07) is 5.34. The quantitative estimate of drug-likeness (QED) is 0.504. The van der Waals surface area contributed by atoms with Crippen molar-refractivity contribution in [3.05, 3.63) is 64.9 Å². The highest BCUT2D eigenvalue weighted by atomic mass is 16.1. The van der Waals surface area contributed by atoms with Gasteiger partial charge >= 0.3 is 0 Å². The summed E-state index contributed by atoms with van der Waals surface area (Å²) < 4.78 is 3.55. The van der Waals surface area contributed by atoms with Crippen molar-refractivity contribution in [2.45, 2.75) is 33.2 Å². The number of hydrogen-bond donors (Lipinski definition) is 0. The summed E-state index contributed by atoms with van der Waals surface area (Å²) >= 11 is 0. The molecule has 1 aliphatic rings. The maximum Gasteiger partial charge on any atom is 0.254 e. The largest absolute Gasteiger partial charge is 0.356 e. The first-order valence-corrected chi connectivity index (χ1v) is 10.5. The molecule has 4 aromatic rings. The van der Waals surface area contributed by atoms with Crippen LogP contribution in [0.25, 0.3) is 17.0 Å². The highest BCUT2D eigenvalue weighted by molar-refractivity contribution is 5.56. The molecule has 5 rings (SSSR count). The molecule has 0 spiro atoms. The van der Waals surface area contributed by atoms with Crippen LogP contribution in [0.1, 0.15) is 24.1 Å². The van der Waals surface area contributed by atoms with Crippen LogP contribution in [0.2, 0.25) is 0 Å². The molecule has 0 aromatic carbocycles. The fraction of sp³-hybridized carbons (Fsp3) is 0.364. The Labute approximate surface area is 179 Å². The van der Waals surface area contributed by atoms with Crippen LogP contribution in [0.3, 0.4) is 0 Å². The van der Waals surface area contributed by atoms with Gasteiger partial charge in [0.05, 0.1) is 12.0 Å². The van der Waals surface area contributed by atoms with Crippen LogP contribution in [0.5, 0.6) is 0 Å². The summed E-state index contributed by atoms with van der Waals surface area (Å²) in [5.74, 6) is 2.12. The Morgan fingerprint density at radius 2 is 2.00 bits per heavy atom. The number of anilines is 1. The Balaban J connectivity index is 1.29. The molecule has 0 saturated carbocycles. The molecule has 0 atom stereocenters. The molecule has 4 aromatic heterocycles. The maximum atomic E-state index is 12.6. The van der Waals surface area contributed by atoms with Crippen molar-refractivity contribution >= 4 is 11.6 Å². The van der Waals surface area contributed by atoms with Gasteiger partial charge in [-0.05, 0) is 44.7 Å². The minimum absolute atomic E-state index is 0.0267. The van der Waals surface area contributed by atoms with Gasteiger partial charge in [-0.2, -0.15) is 14.6 Å². The number of nitrogens with zero attached hydrogens (tertiary/aromatic N) is 8. The maximum absolute atomic E-state index is 12.6. The van der Waals surface area contributed by atoms with Crippen LogP contribution in [0.4, 0.5) is 5.82 Å². The predicted octanol–water partition coefficient (Wildman–Crippen LogP) is 2.28. The van der Waals surface area contributed by atoms with Crippen LogP contribution >= 0.6 is 0 Å². The van der Waals surface area contributed by atoms with Crippen molar-refractivity contribution < 1.29 is 0 Å². The van der Waals surface area contributed by atoms with E-state index in [2.05, 4.69) is 36.9 Å². The Hall–Kier alpha value is -3.62. The average Bonchev–Trinajstić information content (AvgIpc) is 3.25. The summed E-state index contributed by atoms with van der Waals surface area (Å²) in [6.45, 7) is 6.58. The summed E-state index contributed by atoms with van der Waals surface area (Å²) in [5, 5.41) is 4.37. The zero-order valence-corrected chi connectivity index (χ0v) is 17.6. The minimum atomic E-state index is -0.0267. The van der Waals surface area contributed by atoms with E-state index in [9.17, 15) is 4.79 Å². The number of aromatic nitrogens is 7. The lowest BCUT2D eigenvalue weighted by molar-refractivity contribution is 0.349. The second-order valence-electron chi connectivity index (χ2n) is 8.05. The Morgan fingerprint density at radius 1 is 1.16 bits per heavy atom. The normalized spacial score (nSPS) is 15.0. The summed E-state index contributed by atoms with van der Waals surface area (Å²) in [7, 11) is 0. The van der Waals surface area contributed by atoms with Gasteiger partial charge in [0.25, 0.3) is 11.3 Å². The highest BCUT2D eigenvalue weighted by Crippen LogP contribution is 2.28. The van der Waals surface area contributed by atoms with Crippen molar-refractivity contribution in [3.63, 3.8) is 0 Å². The van der Waals surface area contributed by atoms with E-state index < -0.39 is 0 Å². The van der Waals surface area contributed by atoms with Gasteiger partial charge in [0.2, 0.25) is 0 Å². The molecule has 0 radical (unpaired) electrons. The van der Waals surface area contributed by atoms with Crippen LogP contribution in [0, 0.1) is 19.8 Å². The molecule has 5 heterocycles. The van der Waals surface area contributed by atoms with Gasteiger partial charge in [-0.3, -0.25) is 14.3 Å². The molecular formula is C22H24N8O. The van der Waals surface area contributed by atoms with Gasteiger partial charge in [-0.15, -0.1) is 0 Å². The molecule has 0 N–H and O–H groups in total. The van der Waals surface area contributed by atoms with E-state index in [4.69, 9.17) is 0 Å². The zero-order chi connectivity index (χ0) is 21.4. The van der Waals surface area contributed by atoms with Crippen molar-refractivity contribution in [1.29, 1.82) is 0 Å². The summed E-state index contributed by atoms with van der Waals surface area (Å²) in [4.78, 5) is 32.3. The monoisotopic (exact) mass is 416 g/mol. The van der Waals surface area contributed by atoms with Gasteiger partial charge in [0.1, 0.15) is 12.1 Å². The average molecular weight is 416 g/mol. The van der Waals surface area contributed by atoms with Crippen LogP contribution in [0.15, 0.2) is 48.0 Å². The molecule has 0 aliphatic carbocycles. The van der Waals surface area contributed by atoms with Crippen LogP contribution in [-0.4, -0.2) is 47.2 Å². The lowest BCUT2D eigenvalue weighted by atomic mass is 9.96. The molecule has 1 fully saturated rings. The van der Waals surface area contributed by atoms with E-state index in [1.165, 1.54) is 0 Å². The number of fused-ring (bicyclic) bond motifs is 1. The summed E-state index contributed by atoms with van der Waals surface area (Å²) in [5.41, 5.74) is 3.58. The van der Waals surface area contributed by atoms with Gasteiger partial charge < -0.3 is 4.90 Å². The highest BCUT2D eigenvalue weighted by Gasteiger charge is 2.24. The molecule has 31 heavy (non-hydrogen) atoms. The Morgan fingerprint density at radius 3 is 2.74 bits per heavy atom. The fourth-order valence-electron chi connectivity index (χ4n) is 4.23. The first-order valence-electron chi connectivity index (χ1n) is 10.5. The van der Waals surface area contributed by atoms with E-state index in [1.807, 2.05) is 23.6 Å². The van der Waals surface area contributed by atoms with Crippen molar-refractivity contribution in [3.8, 4) is 11.3 Å². The first-order chi connectivity index (χ1) is 15.1.